The number of ketones is 1. The molecule has 0 unspecified atom stereocenters. The van der Waals surface area contributed by atoms with Crippen molar-refractivity contribution in [3.63, 3.8) is 0 Å². The molecule has 1 aromatic rings. The molecule has 28 heavy (non-hydrogen) atoms. The standard InChI is InChI=1S/C19H24N2O6S/c1-13-11-17(13)19(24)27-12-18(23)20-7-9-21(10-8-20)28(25,26)16-5-3-15(4-6-16)14(2)22/h3-6,13,17H,7-12H2,1-2H3/t13-,17+/m0/s1. The van der Waals surface area contributed by atoms with Gasteiger partial charge in [0.25, 0.3) is 5.91 Å². The first-order valence-corrected chi connectivity index (χ1v) is 10.7. The minimum atomic E-state index is -3.69. The van der Waals surface area contributed by atoms with Crippen LogP contribution in [0.4, 0.5) is 0 Å². The smallest absolute Gasteiger partial charge is 0.309 e. The van der Waals surface area contributed by atoms with Gasteiger partial charge in [0.1, 0.15) is 0 Å². The van der Waals surface area contributed by atoms with E-state index in [2.05, 4.69) is 0 Å². The van der Waals surface area contributed by atoms with Gasteiger partial charge in [-0.1, -0.05) is 19.1 Å². The zero-order valence-corrected chi connectivity index (χ0v) is 16.8. The monoisotopic (exact) mass is 408 g/mol. The highest BCUT2D eigenvalue weighted by atomic mass is 32.2. The van der Waals surface area contributed by atoms with Gasteiger partial charge in [-0.05, 0) is 31.4 Å². The molecule has 1 saturated heterocycles. The highest BCUT2D eigenvalue weighted by molar-refractivity contribution is 7.89. The molecule has 9 heteroatoms. The summed E-state index contributed by atoms with van der Waals surface area (Å²) in [6, 6.07) is 5.82. The number of sulfonamides is 1. The number of benzene rings is 1. The van der Waals surface area contributed by atoms with Crippen LogP contribution >= 0.6 is 0 Å². The van der Waals surface area contributed by atoms with Crippen molar-refractivity contribution in [3.8, 4) is 0 Å². The molecular formula is C19H24N2O6S. The average Bonchev–Trinajstić information content (AvgIpc) is 3.42. The maximum atomic E-state index is 12.7. The number of ether oxygens (including phenoxy) is 1. The summed E-state index contributed by atoms with van der Waals surface area (Å²) in [5.41, 5.74) is 0.449. The normalized spacial score (nSPS) is 22.6. The van der Waals surface area contributed by atoms with E-state index in [-0.39, 0.29) is 61.3 Å². The first kappa shape index (κ1) is 20.5. The molecule has 2 fully saturated rings. The second-order valence-corrected chi connectivity index (χ2v) is 9.23. The number of piperazine rings is 1. The van der Waals surface area contributed by atoms with Crippen molar-refractivity contribution < 1.29 is 27.5 Å². The Morgan fingerprint density at radius 3 is 2.14 bits per heavy atom. The molecule has 0 spiro atoms. The number of Topliss-reactive ketones (excluding diaryl/α,β-unsaturated/α-hetero) is 1. The summed E-state index contributed by atoms with van der Waals surface area (Å²) in [6.07, 6.45) is 0.803. The molecule has 152 valence electrons. The first-order chi connectivity index (χ1) is 13.2. The van der Waals surface area contributed by atoms with Crippen molar-refractivity contribution in [1.29, 1.82) is 0 Å². The van der Waals surface area contributed by atoms with E-state index in [1.165, 1.54) is 40.4 Å². The van der Waals surface area contributed by atoms with E-state index in [0.29, 0.717) is 11.5 Å². The predicted molar refractivity (Wildman–Crippen MR) is 100 cm³/mol. The zero-order chi connectivity index (χ0) is 20.5. The molecular weight excluding hydrogens is 384 g/mol. The topological polar surface area (TPSA) is 101 Å². The molecule has 0 aromatic heterocycles. The van der Waals surface area contributed by atoms with E-state index < -0.39 is 10.0 Å². The van der Waals surface area contributed by atoms with E-state index in [0.717, 1.165) is 6.42 Å². The van der Waals surface area contributed by atoms with Crippen LogP contribution in [0.15, 0.2) is 29.2 Å². The maximum Gasteiger partial charge on any atom is 0.309 e. The van der Waals surface area contributed by atoms with Gasteiger partial charge in [-0.15, -0.1) is 0 Å². The van der Waals surface area contributed by atoms with Crippen LogP contribution in [0.5, 0.6) is 0 Å². The predicted octanol–water partition coefficient (Wildman–Crippen LogP) is 0.921. The summed E-state index contributed by atoms with van der Waals surface area (Å²) in [5, 5.41) is 0. The first-order valence-electron chi connectivity index (χ1n) is 9.25. The Labute approximate surface area is 164 Å². The maximum absolute atomic E-state index is 12.7. The molecule has 1 amide bonds. The molecule has 1 aliphatic heterocycles. The van der Waals surface area contributed by atoms with Gasteiger partial charge < -0.3 is 9.64 Å². The molecule has 0 N–H and O–H groups in total. The lowest BCUT2D eigenvalue weighted by atomic mass is 10.2. The zero-order valence-electron chi connectivity index (χ0n) is 16.0. The summed E-state index contributed by atoms with van der Waals surface area (Å²) in [7, 11) is -3.69. The fourth-order valence-corrected chi connectivity index (χ4v) is 4.59. The molecule has 1 heterocycles. The molecule has 2 atom stereocenters. The van der Waals surface area contributed by atoms with Gasteiger partial charge in [0.05, 0.1) is 10.8 Å². The summed E-state index contributed by atoms with van der Waals surface area (Å²) >= 11 is 0. The Morgan fingerprint density at radius 1 is 1.07 bits per heavy atom. The number of hydrogen-bond donors (Lipinski definition) is 0. The number of rotatable bonds is 6. The second-order valence-electron chi connectivity index (χ2n) is 7.29. The molecule has 0 bridgehead atoms. The van der Waals surface area contributed by atoms with Gasteiger partial charge in [-0.2, -0.15) is 4.31 Å². The number of carbonyl (C=O) groups is 3. The van der Waals surface area contributed by atoms with Gasteiger partial charge in [-0.3, -0.25) is 14.4 Å². The lowest BCUT2D eigenvalue weighted by molar-refractivity contribution is -0.153. The highest BCUT2D eigenvalue weighted by Crippen LogP contribution is 2.38. The molecule has 1 saturated carbocycles. The summed E-state index contributed by atoms with van der Waals surface area (Å²) < 4.78 is 31.9. The van der Waals surface area contributed by atoms with Gasteiger partial charge >= 0.3 is 5.97 Å². The fraction of sp³-hybridized carbons (Fsp3) is 0.526. The Balaban J connectivity index is 1.53. The third kappa shape index (κ3) is 4.41. The molecule has 1 aliphatic carbocycles. The van der Waals surface area contributed by atoms with Crippen LogP contribution in [0.3, 0.4) is 0 Å². The highest BCUT2D eigenvalue weighted by Gasteiger charge is 2.41. The Morgan fingerprint density at radius 2 is 1.64 bits per heavy atom. The van der Waals surface area contributed by atoms with Gasteiger partial charge in [0, 0.05) is 31.7 Å². The third-order valence-electron chi connectivity index (χ3n) is 5.24. The molecule has 3 rings (SSSR count). The summed E-state index contributed by atoms with van der Waals surface area (Å²) in [5.74, 6) is -0.557. The molecule has 1 aromatic carbocycles. The van der Waals surface area contributed by atoms with E-state index >= 15 is 0 Å². The molecule has 8 nitrogen and oxygen atoms in total. The largest absolute Gasteiger partial charge is 0.455 e. The summed E-state index contributed by atoms with van der Waals surface area (Å²) in [6.45, 7) is 3.87. The number of esters is 1. The Bertz CT molecular complexity index is 872. The van der Waals surface area contributed by atoms with Crippen LogP contribution < -0.4 is 0 Å². The number of nitrogens with zero attached hydrogens (tertiary/aromatic N) is 2. The molecule has 0 radical (unpaired) electrons. The van der Waals surface area contributed by atoms with Crippen molar-refractivity contribution in [2.24, 2.45) is 11.8 Å². The average molecular weight is 408 g/mol. The number of carbonyl (C=O) groups excluding carboxylic acids is 3. The molecule has 2 aliphatic rings. The third-order valence-corrected chi connectivity index (χ3v) is 7.15. The van der Waals surface area contributed by atoms with Crippen molar-refractivity contribution in [1.82, 2.24) is 9.21 Å². The van der Waals surface area contributed by atoms with Crippen LogP contribution in [-0.4, -0.2) is 68.1 Å². The van der Waals surface area contributed by atoms with Gasteiger partial charge in [-0.25, -0.2) is 8.42 Å². The fourth-order valence-electron chi connectivity index (χ4n) is 3.17. The quantitative estimate of drug-likeness (QED) is 0.513. The lowest BCUT2D eigenvalue weighted by Crippen LogP contribution is -2.51. The number of hydrogen-bond acceptors (Lipinski definition) is 6. The minimum absolute atomic E-state index is 0.0934. The van der Waals surface area contributed by atoms with Crippen LogP contribution in [-0.2, 0) is 24.3 Å². The van der Waals surface area contributed by atoms with Crippen molar-refractivity contribution >= 4 is 27.7 Å². The Hall–Kier alpha value is -2.26. The number of amides is 1. The van der Waals surface area contributed by atoms with Gasteiger partial charge in [0.2, 0.25) is 10.0 Å². The minimum Gasteiger partial charge on any atom is -0.455 e. The van der Waals surface area contributed by atoms with Crippen molar-refractivity contribution in [2.75, 3.05) is 32.8 Å². The lowest BCUT2D eigenvalue weighted by Gasteiger charge is -2.33. The van der Waals surface area contributed by atoms with Crippen LogP contribution in [0.1, 0.15) is 30.6 Å². The van der Waals surface area contributed by atoms with E-state index in [1.54, 1.807) is 0 Å². The van der Waals surface area contributed by atoms with Crippen LogP contribution in [0, 0.1) is 11.8 Å². The van der Waals surface area contributed by atoms with E-state index in [9.17, 15) is 22.8 Å². The van der Waals surface area contributed by atoms with Crippen LogP contribution in [0.25, 0.3) is 0 Å². The van der Waals surface area contributed by atoms with Gasteiger partial charge in [0.15, 0.2) is 12.4 Å². The van der Waals surface area contributed by atoms with Crippen LogP contribution in [0.2, 0.25) is 0 Å². The van der Waals surface area contributed by atoms with Crippen molar-refractivity contribution in [3.05, 3.63) is 29.8 Å². The SMILES string of the molecule is CC(=O)c1ccc(S(=O)(=O)N2CCN(C(=O)COC(=O)[C@@H]3C[C@@H]3C)CC2)cc1. The Kier molecular flexibility index (Phi) is 5.85. The van der Waals surface area contributed by atoms with E-state index in [4.69, 9.17) is 4.74 Å². The summed E-state index contributed by atoms with van der Waals surface area (Å²) in [4.78, 5) is 36.9. The van der Waals surface area contributed by atoms with Crippen molar-refractivity contribution in [2.45, 2.75) is 25.2 Å². The second kappa shape index (κ2) is 8.00. The van der Waals surface area contributed by atoms with E-state index in [1.807, 2.05) is 6.92 Å².